The van der Waals surface area contributed by atoms with E-state index in [4.69, 9.17) is 28.4 Å². The number of piperidine rings is 2. The van der Waals surface area contributed by atoms with E-state index in [0.717, 1.165) is 109 Å². The van der Waals surface area contributed by atoms with E-state index >= 15 is 0 Å². The highest BCUT2D eigenvalue weighted by Gasteiger charge is 2.26. The third-order valence-electron chi connectivity index (χ3n) is 14.7. The lowest BCUT2D eigenvalue weighted by Crippen LogP contribution is -2.41. The molecule has 6 aromatic carbocycles. The molecule has 0 bridgehead atoms. The molecule has 13 nitrogen and oxygen atoms in total. The van der Waals surface area contributed by atoms with Crippen LogP contribution in [0.2, 0.25) is 0 Å². The van der Waals surface area contributed by atoms with Gasteiger partial charge < -0.3 is 48.9 Å². The quantitative estimate of drug-likeness (QED) is 0.0276. The van der Waals surface area contributed by atoms with Gasteiger partial charge in [-0.05, 0) is 82.3 Å². The number of benzene rings is 6. The van der Waals surface area contributed by atoms with Gasteiger partial charge in [0.15, 0.2) is 0 Å². The maximum atomic E-state index is 12.6. The first-order chi connectivity index (χ1) is 40.3. The highest BCUT2D eigenvalue weighted by molar-refractivity contribution is 5.88. The summed E-state index contributed by atoms with van der Waals surface area (Å²) in [7, 11) is 3.20. The molecule has 2 N–H and O–H groups in total. The van der Waals surface area contributed by atoms with Gasteiger partial charge in [-0.3, -0.25) is 9.59 Å². The maximum Gasteiger partial charge on any atom is 0.508 e. The Morgan fingerprint density at radius 3 is 1.18 bits per heavy atom. The predicted molar refractivity (Wildman–Crippen MR) is 324 cm³/mol. The van der Waals surface area contributed by atoms with E-state index in [2.05, 4.69) is 117 Å². The van der Waals surface area contributed by atoms with Gasteiger partial charge in [-0.25, -0.2) is 4.79 Å². The van der Waals surface area contributed by atoms with Gasteiger partial charge in [-0.2, -0.15) is 0 Å². The summed E-state index contributed by atoms with van der Waals surface area (Å²) in [6.45, 7) is 6.59. The van der Waals surface area contributed by atoms with Crippen LogP contribution in [0.3, 0.4) is 0 Å². The second kappa shape index (κ2) is 33.0. The number of hydrogen-bond donors (Lipinski definition) is 2. The zero-order valence-electron chi connectivity index (χ0n) is 47.3. The molecule has 8 rings (SSSR count). The molecule has 2 aliphatic heterocycles. The standard InChI is InChI=1S/C69H78N4O9/c1-77-63-51-53(19-15-17-29-65(74)70-41-47-72-43-35-61(36-44-72)81-67(57-21-7-3-8-22-57)58-23-9-4-10-24-58)31-33-55(63)39-49-79-69(76)80-50-40-56-34-32-54(52-64(56)78-2)20-16-18-30-66(75)71-42-48-73-45-37-62(38-46-73)82-68(59-25-11-5-12-26-59)60-27-13-6-14-28-60/h3-34,51-52,61-62,67-68H,35-50H2,1-2H3,(H,70,74)(H,71,75). The average Bonchev–Trinajstić information content (AvgIpc) is 3.63. The predicted octanol–water partition coefficient (Wildman–Crippen LogP) is 11.6. The minimum absolute atomic E-state index is 0.0956. The molecule has 82 heavy (non-hydrogen) atoms. The second-order valence-corrected chi connectivity index (χ2v) is 20.4. The maximum absolute atomic E-state index is 12.6. The van der Waals surface area contributed by atoms with Crippen LogP contribution in [0, 0.1) is 0 Å². The molecule has 2 amide bonds. The van der Waals surface area contributed by atoms with E-state index in [0.29, 0.717) is 37.4 Å². The molecule has 6 aromatic rings. The first kappa shape index (κ1) is 60.0. The number of carbonyl (C=O) groups excluding carboxylic acids is 3. The van der Waals surface area contributed by atoms with Crippen molar-refractivity contribution >= 4 is 30.1 Å². The number of methoxy groups -OCH3 is 2. The van der Waals surface area contributed by atoms with E-state index in [1.807, 2.05) is 85.0 Å². The molecular weight excluding hydrogens is 1030 g/mol. The fourth-order valence-electron chi connectivity index (χ4n) is 10.2. The normalized spacial score (nSPS) is 14.8. The Morgan fingerprint density at radius 1 is 0.488 bits per heavy atom. The lowest BCUT2D eigenvalue weighted by atomic mass is 10.00. The number of nitrogens with one attached hydrogen (secondary N) is 2. The summed E-state index contributed by atoms with van der Waals surface area (Å²) < 4.78 is 35.5. The first-order valence-corrected chi connectivity index (χ1v) is 28.6. The van der Waals surface area contributed by atoms with E-state index in [-0.39, 0.29) is 49.4 Å². The van der Waals surface area contributed by atoms with Gasteiger partial charge in [0.2, 0.25) is 11.8 Å². The van der Waals surface area contributed by atoms with Crippen LogP contribution < -0.4 is 20.1 Å². The number of carbonyl (C=O) groups is 3. The van der Waals surface area contributed by atoms with Crippen molar-refractivity contribution in [1.29, 1.82) is 0 Å². The van der Waals surface area contributed by atoms with Crippen LogP contribution in [-0.2, 0) is 41.4 Å². The van der Waals surface area contributed by atoms with Crippen LogP contribution >= 0.6 is 0 Å². The van der Waals surface area contributed by atoms with Crippen LogP contribution in [0.15, 0.2) is 194 Å². The largest absolute Gasteiger partial charge is 0.508 e. The van der Waals surface area contributed by atoms with Gasteiger partial charge >= 0.3 is 6.16 Å². The Bertz CT molecular complexity index is 2730. The summed E-state index contributed by atoms with van der Waals surface area (Å²) in [4.78, 5) is 42.4. The lowest BCUT2D eigenvalue weighted by Gasteiger charge is -2.34. The Labute approximate surface area is 484 Å². The average molecular weight is 1110 g/mol. The molecular formula is C69H78N4O9. The molecule has 13 heteroatoms. The zero-order valence-corrected chi connectivity index (χ0v) is 47.3. The number of rotatable bonds is 28. The second-order valence-electron chi connectivity index (χ2n) is 20.4. The highest BCUT2D eigenvalue weighted by atomic mass is 16.7. The van der Waals surface area contributed by atoms with Crippen LogP contribution in [0.25, 0.3) is 12.2 Å². The highest BCUT2D eigenvalue weighted by Crippen LogP contribution is 2.32. The van der Waals surface area contributed by atoms with Gasteiger partial charge in [0.1, 0.15) is 23.7 Å². The van der Waals surface area contributed by atoms with Gasteiger partial charge in [-0.1, -0.05) is 182 Å². The first-order valence-electron chi connectivity index (χ1n) is 28.6. The molecule has 2 aliphatic rings. The van der Waals surface area contributed by atoms with E-state index < -0.39 is 6.16 Å². The van der Waals surface area contributed by atoms with Crippen LogP contribution in [-0.4, -0.2) is 120 Å². The SMILES string of the molecule is COc1cc(C=CC=CC(=O)NCCN2CCC(OC(c3ccccc3)c3ccccc3)CC2)ccc1CCOC(=O)OCCc1ccc(C=CC=CC(=O)NCCN2CCC(OC(c3ccccc3)c3ccccc3)CC2)cc1OC. The summed E-state index contributed by atoms with van der Waals surface area (Å²) in [5.74, 6) is 1.03. The molecule has 2 saturated heterocycles. The minimum atomic E-state index is -0.756. The Hall–Kier alpha value is -8.07. The van der Waals surface area contributed by atoms with Crippen molar-refractivity contribution in [3.63, 3.8) is 0 Å². The number of ether oxygens (including phenoxy) is 6. The summed E-state index contributed by atoms with van der Waals surface area (Å²) in [6.07, 6.45) is 17.9. The van der Waals surface area contributed by atoms with Crippen molar-refractivity contribution in [2.45, 2.75) is 62.9 Å². The van der Waals surface area contributed by atoms with Gasteiger partial charge in [-0.15, -0.1) is 0 Å². The molecule has 0 unspecified atom stereocenters. The van der Waals surface area contributed by atoms with Crippen molar-refractivity contribution in [3.8, 4) is 11.5 Å². The molecule has 0 spiro atoms. The fourth-order valence-corrected chi connectivity index (χ4v) is 10.2. The third kappa shape index (κ3) is 19.6. The van der Waals surface area contributed by atoms with Crippen molar-refractivity contribution in [1.82, 2.24) is 20.4 Å². The molecule has 2 heterocycles. The zero-order chi connectivity index (χ0) is 57.0. The molecule has 0 aromatic heterocycles. The topological polar surface area (TPSA) is 137 Å². The van der Waals surface area contributed by atoms with Crippen LogP contribution in [0.1, 0.15) is 82.4 Å². The number of allylic oxidation sites excluding steroid dienone is 4. The van der Waals surface area contributed by atoms with Crippen LogP contribution in [0.5, 0.6) is 11.5 Å². The lowest BCUT2D eigenvalue weighted by molar-refractivity contribution is -0.117. The Balaban J connectivity index is 0.662. The summed E-state index contributed by atoms with van der Waals surface area (Å²) in [5.41, 5.74) is 8.18. The summed E-state index contributed by atoms with van der Waals surface area (Å²) in [5, 5.41) is 6.00. The van der Waals surface area contributed by atoms with Gasteiger partial charge in [0.05, 0.1) is 39.6 Å². The fraction of sp³-hybridized carbons (Fsp3) is 0.319. The molecule has 0 radical (unpaired) electrons. The van der Waals surface area contributed by atoms with E-state index in [9.17, 15) is 14.4 Å². The monoisotopic (exact) mass is 1110 g/mol. The Morgan fingerprint density at radius 2 is 0.841 bits per heavy atom. The van der Waals surface area contributed by atoms with Crippen molar-refractivity contribution in [2.75, 3.05) is 79.8 Å². The third-order valence-corrected chi connectivity index (χ3v) is 14.7. The molecule has 0 saturated carbocycles. The molecule has 428 valence electrons. The smallest absolute Gasteiger partial charge is 0.496 e. The molecule has 0 aliphatic carbocycles. The number of nitrogens with zero attached hydrogens (tertiary/aromatic N) is 2. The summed E-state index contributed by atoms with van der Waals surface area (Å²) in [6, 6.07) is 53.1. The van der Waals surface area contributed by atoms with Gasteiger partial charge in [0.25, 0.3) is 0 Å². The number of amides is 2. The van der Waals surface area contributed by atoms with Crippen molar-refractivity contribution < 1.29 is 42.8 Å². The van der Waals surface area contributed by atoms with Crippen molar-refractivity contribution in [2.24, 2.45) is 0 Å². The Kier molecular flexibility index (Phi) is 24.2. The van der Waals surface area contributed by atoms with E-state index in [1.54, 1.807) is 26.4 Å². The minimum Gasteiger partial charge on any atom is -0.496 e. The number of likely N-dealkylation sites (tertiary alicyclic amines) is 2. The molecule has 0 atom stereocenters. The van der Waals surface area contributed by atoms with Crippen molar-refractivity contribution in [3.05, 3.63) is 239 Å². The molecule has 2 fully saturated rings. The summed E-state index contributed by atoms with van der Waals surface area (Å²) >= 11 is 0. The van der Waals surface area contributed by atoms with Gasteiger partial charge in [0, 0.05) is 77.4 Å². The number of hydrogen-bond acceptors (Lipinski definition) is 11. The van der Waals surface area contributed by atoms with E-state index in [1.165, 1.54) is 12.2 Å². The van der Waals surface area contributed by atoms with Crippen LogP contribution in [0.4, 0.5) is 4.79 Å².